The lowest BCUT2D eigenvalue weighted by atomic mass is 10.0. The van der Waals surface area contributed by atoms with Gasteiger partial charge in [-0.3, -0.25) is 4.79 Å². The third-order valence-electron chi connectivity index (χ3n) is 2.36. The topological polar surface area (TPSA) is 56.0 Å². The first-order valence-electron chi connectivity index (χ1n) is 5.14. The molecule has 0 radical (unpaired) electrons. The minimum absolute atomic E-state index is 0.0121. The summed E-state index contributed by atoms with van der Waals surface area (Å²) in [5.41, 5.74) is 7.01. The van der Waals surface area contributed by atoms with E-state index in [0.717, 1.165) is 5.56 Å². The Morgan fingerprint density at radius 2 is 2.12 bits per heavy atom. The van der Waals surface area contributed by atoms with Crippen LogP contribution in [0.25, 0.3) is 0 Å². The van der Waals surface area contributed by atoms with Crippen LogP contribution in [0.15, 0.2) is 42.6 Å². The van der Waals surface area contributed by atoms with E-state index in [2.05, 4.69) is 4.98 Å². The van der Waals surface area contributed by atoms with E-state index in [9.17, 15) is 4.79 Å². The fourth-order valence-corrected chi connectivity index (χ4v) is 1.74. The van der Waals surface area contributed by atoms with Gasteiger partial charge in [0, 0.05) is 23.2 Å². The van der Waals surface area contributed by atoms with E-state index >= 15 is 0 Å². The number of halogens is 1. The minimum atomic E-state index is 0.0121. The smallest absolute Gasteiger partial charge is 0.167 e. The molecular weight excluding hydrogens is 236 g/mol. The lowest BCUT2D eigenvalue weighted by Gasteiger charge is -2.02. The van der Waals surface area contributed by atoms with E-state index in [-0.39, 0.29) is 5.78 Å². The van der Waals surface area contributed by atoms with E-state index in [1.807, 2.05) is 0 Å². The predicted molar refractivity (Wildman–Crippen MR) is 68.1 cm³/mol. The number of ketones is 1. The molecule has 0 aliphatic rings. The van der Waals surface area contributed by atoms with Gasteiger partial charge in [0.05, 0.1) is 0 Å². The third-order valence-corrected chi connectivity index (χ3v) is 2.59. The molecule has 17 heavy (non-hydrogen) atoms. The van der Waals surface area contributed by atoms with Gasteiger partial charge in [-0.25, -0.2) is 4.98 Å². The van der Waals surface area contributed by atoms with Gasteiger partial charge >= 0.3 is 0 Å². The zero-order valence-corrected chi connectivity index (χ0v) is 9.82. The Hall–Kier alpha value is -1.87. The molecule has 0 spiro atoms. The van der Waals surface area contributed by atoms with Gasteiger partial charge in [0.2, 0.25) is 0 Å². The van der Waals surface area contributed by atoms with Crippen LogP contribution in [0.1, 0.15) is 15.9 Å². The molecule has 0 bridgehead atoms. The van der Waals surface area contributed by atoms with Gasteiger partial charge in [0.15, 0.2) is 5.78 Å². The van der Waals surface area contributed by atoms with Crippen LogP contribution in [-0.2, 0) is 6.42 Å². The molecule has 0 aliphatic heterocycles. The lowest BCUT2D eigenvalue weighted by Crippen LogP contribution is -2.04. The van der Waals surface area contributed by atoms with Crippen molar-refractivity contribution in [3.8, 4) is 0 Å². The summed E-state index contributed by atoms with van der Waals surface area (Å²) in [5, 5.41) is 0.560. The SMILES string of the molecule is Nc1cc(CC(=O)c2cccc(Cl)c2)ccn1. The molecule has 0 amide bonds. The van der Waals surface area contributed by atoms with Crippen molar-refractivity contribution in [3.63, 3.8) is 0 Å². The van der Waals surface area contributed by atoms with Crippen molar-refractivity contribution in [2.45, 2.75) is 6.42 Å². The summed E-state index contributed by atoms with van der Waals surface area (Å²) in [6.07, 6.45) is 1.89. The molecule has 2 rings (SSSR count). The van der Waals surface area contributed by atoms with Gasteiger partial charge in [-0.2, -0.15) is 0 Å². The number of hydrogen-bond acceptors (Lipinski definition) is 3. The molecule has 0 aliphatic carbocycles. The van der Waals surface area contributed by atoms with Crippen LogP contribution in [0.5, 0.6) is 0 Å². The highest BCUT2D eigenvalue weighted by Crippen LogP contribution is 2.13. The number of nitrogens with zero attached hydrogens (tertiary/aromatic N) is 1. The first-order chi connectivity index (χ1) is 8.15. The zero-order chi connectivity index (χ0) is 12.3. The molecule has 0 saturated heterocycles. The summed E-state index contributed by atoms with van der Waals surface area (Å²) in [4.78, 5) is 15.8. The Morgan fingerprint density at radius 3 is 2.82 bits per heavy atom. The van der Waals surface area contributed by atoms with Gasteiger partial charge in [0.1, 0.15) is 5.82 Å². The number of hydrogen-bond donors (Lipinski definition) is 1. The summed E-state index contributed by atoms with van der Waals surface area (Å²) >= 11 is 5.83. The van der Waals surface area contributed by atoms with Gasteiger partial charge in [-0.05, 0) is 29.8 Å². The number of benzene rings is 1. The van der Waals surface area contributed by atoms with Crippen molar-refractivity contribution in [1.82, 2.24) is 4.98 Å². The average molecular weight is 247 g/mol. The molecule has 2 aromatic rings. The molecule has 0 saturated carbocycles. The van der Waals surface area contributed by atoms with E-state index in [4.69, 9.17) is 17.3 Å². The number of carbonyl (C=O) groups excluding carboxylic acids is 1. The predicted octanol–water partition coefficient (Wildman–Crippen LogP) is 2.74. The highest BCUT2D eigenvalue weighted by atomic mass is 35.5. The summed E-state index contributed by atoms with van der Waals surface area (Å²) in [6.45, 7) is 0. The van der Waals surface area contributed by atoms with Crippen LogP contribution >= 0.6 is 11.6 Å². The number of nitrogens with two attached hydrogens (primary N) is 1. The Bertz CT molecular complexity index is 555. The highest BCUT2D eigenvalue weighted by molar-refractivity contribution is 6.31. The number of carbonyl (C=O) groups is 1. The first kappa shape index (κ1) is 11.6. The van der Waals surface area contributed by atoms with Crippen LogP contribution < -0.4 is 5.73 Å². The average Bonchev–Trinajstić information content (AvgIpc) is 2.29. The monoisotopic (exact) mass is 246 g/mol. The van der Waals surface area contributed by atoms with Gasteiger partial charge in [-0.15, -0.1) is 0 Å². The second-order valence-corrected chi connectivity index (χ2v) is 4.14. The quantitative estimate of drug-likeness (QED) is 0.848. The van der Waals surface area contributed by atoms with Crippen LogP contribution in [-0.4, -0.2) is 10.8 Å². The summed E-state index contributed by atoms with van der Waals surface area (Å²) < 4.78 is 0. The standard InChI is InChI=1S/C13H11ClN2O/c14-11-3-1-2-10(8-11)12(17)6-9-4-5-16-13(15)7-9/h1-5,7-8H,6H2,(H2,15,16). The molecule has 0 fully saturated rings. The largest absolute Gasteiger partial charge is 0.384 e. The van der Waals surface area contributed by atoms with Crippen molar-refractivity contribution >= 4 is 23.2 Å². The van der Waals surface area contributed by atoms with Crippen molar-refractivity contribution in [3.05, 3.63) is 58.7 Å². The zero-order valence-electron chi connectivity index (χ0n) is 9.06. The molecular formula is C13H11ClN2O. The summed E-state index contributed by atoms with van der Waals surface area (Å²) in [7, 11) is 0. The molecule has 0 unspecified atom stereocenters. The van der Waals surface area contributed by atoms with Gasteiger partial charge in [-0.1, -0.05) is 23.7 Å². The van der Waals surface area contributed by atoms with Crippen LogP contribution in [0.3, 0.4) is 0 Å². The molecule has 1 aromatic heterocycles. The van der Waals surface area contributed by atoms with Gasteiger partial charge in [0.25, 0.3) is 0 Å². The van der Waals surface area contributed by atoms with E-state index in [1.165, 1.54) is 0 Å². The van der Waals surface area contributed by atoms with E-state index in [0.29, 0.717) is 22.8 Å². The van der Waals surface area contributed by atoms with Crippen LogP contribution in [0.2, 0.25) is 5.02 Å². The van der Waals surface area contributed by atoms with E-state index < -0.39 is 0 Å². The first-order valence-corrected chi connectivity index (χ1v) is 5.52. The van der Waals surface area contributed by atoms with Gasteiger partial charge < -0.3 is 5.73 Å². The Morgan fingerprint density at radius 1 is 1.29 bits per heavy atom. The van der Waals surface area contributed by atoms with Crippen molar-refractivity contribution in [2.75, 3.05) is 5.73 Å². The third kappa shape index (κ3) is 3.04. The number of anilines is 1. The second kappa shape index (κ2) is 4.97. The van der Waals surface area contributed by atoms with Crippen molar-refractivity contribution in [1.29, 1.82) is 0 Å². The number of aromatic nitrogens is 1. The Kier molecular flexibility index (Phi) is 3.40. The summed E-state index contributed by atoms with van der Waals surface area (Å²) in [6, 6.07) is 10.4. The number of pyridine rings is 1. The fraction of sp³-hybridized carbons (Fsp3) is 0.0769. The maximum absolute atomic E-state index is 12.0. The number of nitrogen functional groups attached to an aromatic ring is 1. The molecule has 3 nitrogen and oxygen atoms in total. The number of Topliss-reactive ketones (excluding diaryl/α,β-unsaturated/α-hetero) is 1. The molecule has 1 aromatic carbocycles. The van der Waals surface area contributed by atoms with Crippen LogP contribution in [0.4, 0.5) is 5.82 Å². The Balaban J connectivity index is 2.17. The molecule has 86 valence electrons. The van der Waals surface area contributed by atoms with Crippen molar-refractivity contribution in [2.24, 2.45) is 0 Å². The number of rotatable bonds is 3. The highest BCUT2D eigenvalue weighted by Gasteiger charge is 2.07. The fourth-order valence-electron chi connectivity index (χ4n) is 1.55. The van der Waals surface area contributed by atoms with Crippen molar-refractivity contribution < 1.29 is 4.79 Å². The van der Waals surface area contributed by atoms with Crippen LogP contribution in [0, 0.1) is 0 Å². The summed E-state index contributed by atoms with van der Waals surface area (Å²) in [5.74, 6) is 0.430. The molecule has 1 heterocycles. The maximum atomic E-state index is 12.0. The molecule has 0 atom stereocenters. The normalized spacial score (nSPS) is 10.2. The Labute approximate surface area is 104 Å². The molecule has 4 heteroatoms. The minimum Gasteiger partial charge on any atom is -0.384 e. The lowest BCUT2D eigenvalue weighted by molar-refractivity contribution is 0.0993. The second-order valence-electron chi connectivity index (χ2n) is 3.70. The maximum Gasteiger partial charge on any atom is 0.167 e. The van der Waals surface area contributed by atoms with E-state index in [1.54, 1.807) is 42.6 Å². The molecule has 2 N–H and O–H groups in total.